The molecule has 0 atom stereocenters. The zero-order chi connectivity index (χ0) is 31.0. The van der Waals surface area contributed by atoms with Gasteiger partial charge in [0.1, 0.15) is 29.5 Å². The first-order chi connectivity index (χ1) is 20.5. The number of nitro groups is 1. The molecule has 0 aliphatic heterocycles. The zero-order valence-corrected chi connectivity index (χ0v) is 24.3. The molecular weight excluding hydrogens is 552 g/mol. The van der Waals surface area contributed by atoms with Gasteiger partial charge < -0.3 is 24.8 Å². The molecule has 11 heteroatoms. The topological polar surface area (TPSA) is 153 Å². The molecule has 2 N–H and O–H groups in total. The monoisotopic (exact) mass is 586 g/mol. The van der Waals surface area contributed by atoms with Crippen molar-refractivity contribution in [3.05, 3.63) is 93.5 Å². The summed E-state index contributed by atoms with van der Waals surface area (Å²) < 4.78 is 17.2. The molecule has 43 heavy (non-hydrogen) atoms. The molecule has 224 valence electrons. The Morgan fingerprint density at radius 1 is 0.930 bits per heavy atom. The SMILES string of the molecule is CC(C)(C)OC(=O)NC1CCC(NC(=O)c2cc(OCc3cccc([N+](=O)[O-])c3)cc(Oc3ccc(C#N)cc3)c2)CC1. The number of rotatable bonds is 9. The standard InChI is InChI=1S/C32H34N4O7/c1-32(2,3)43-31(38)35-25-11-9-24(10-12-25)34-30(37)23-16-28(41-20-22-5-4-6-26(15-22)36(39)40)18-29(17-23)42-27-13-7-21(19-33)8-14-27/h4-8,13-18,24-25H,9-12,20H2,1-3H3,(H,34,37)(H,35,38). The normalized spacial score (nSPS) is 16.3. The Balaban J connectivity index is 1.44. The highest BCUT2D eigenvalue weighted by atomic mass is 16.6. The van der Waals surface area contributed by atoms with Gasteiger partial charge in [0.2, 0.25) is 0 Å². The van der Waals surface area contributed by atoms with Crippen LogP contribution < -0.4 is 20.1 Å². The van der Waals surface area contributed by atoms with Crippen LogP contribution >= 0.6 is 0 Å². The third kappa shape index (κ3) is 9.46. The maximum Gasteiger partial charge on any atom is 0.407 e. The Kier molecular flexibility index (Phi) is 9.83. The molecule has 0 aromatic heterocycles. The Labute approximate surface area is 249 Å². The second kappa shape index (κ2) is 13.7. The fourth-order valence-corrected chi connectivity index (χ4v) is 4.63. The minimum atomic E-state index is -0.574. The van der Waals surface area contributed by atoms with Crippen LogP contribution in [-0.4, -0.2) is 34.6 Å². The summed E-state index contributed by atoms with van der Waals surface area (Å²) in [6, 6.07) is 19.4. The van der Waals surface area contributed by atoms with Gasteiger partial charge in [-0.1, -0.05) is 12.1 Å². The van der Waals surface area contributed by atoms with Crippen LogP contribution in [0, 0.1) is 21.4 Å². The van der Waals surface area contributed by atoms with Crippen molar-refractivity contribution in [2.24, 2.45) is 0 Å². The number of benzene rings is 3. The lowest BCUT2D eigenvalue weighted by atomic mass is 9.91. The molecule has 1 aliphatic rings. The minimum absolute atomic E-state index is 0.0269. The molecule has 0 unspecified atom stereocenters. The van der Waals surface area contributed by atoms with Gasteiger partial charge in [0.25, 0.3) is 11.6 Å². The number of carbonyl (C=O) groups is 2. The predicted molar refractivity (Wildman–Crippen MR) is 158 cm³/mol. The molecule has 3 aromatic rings. The Hall–Kier alpha value is -5.11. The third-order valence-corrected chi connectivity index (χ3v) is 6.67. The van der Waals surface area contributed by atoms with Crippen molar-refractivity contribution in [3.63, 3.8) is 0 Å². The quantitative estimate of drug-likeness (QED) is 0.216. The number of amides is 2. The van der Waals surface area contributed by atoms with E-state index in [2.05, 4.69) is 16.7 Å². The van der Waals surface area contributed by atoms with E-state index in [9.17, 15) is 19.7 Å². The lowest BCUT2D eigenvalue weighted by Gasteiger charge is -2.30. The number of ether oxygens (including phenoxy) is 3. The summed E-state index contributed by atoms with van der Waals surface area (Å²) >= 11 is 0. The van der Waals surface area contributed by atoms with Gasteiger partial charge in [-0.2, -0.15) is 5.26 Å². The molecule has 11 nitrogen and oxygen atoms in total. The van der Waals surface area contributed by atoms with Crippen molar-refractivity contribution in [1.29, 1.82) is 5.26 Å². The van der Waals surface area contributed by atoms with Crippen molar-refractivity contribution in [2.75, 3.05) is 0 Å². The van der Waals surface area contributed by atoms with E-state index >= 15 is 0 Å². The number of nitro benzene ring substituents is 1. The summed E-state index contributed by atoms with van der Waals surface area (Å²) in [6.07, 6.45) is 2.32. The summed E-state index contributed by atoms with van der Waals surface area (Å²) in [5.74, 6) is 0.843. The van der Waals surface area contributed by atoms with E-state index in [1.165, 1.54) is 12.1 Å². The van der Waals surface area contributed by atoms with Crippen molar-refractivity contribution < 1.29 is 28.7 Å². The molecule has 1 fully saturated rings. The summed E-state index contributed by atoms with van der Waals surface area (Å²) in [5.41, 5.74) is 0.770. The Morgan fingerprint density at radius 3 is 2.21 bits per heavy atom. The van der Waals surface area contributed by atoms with Crippen molar-refractivity contribution in [2.45, 2.75) is 70.7 Å². The number of hydrogen-bond donors (Lipinski definition) is 2. The number of alkyl carbamates (subject to hydrolysis) is 1. The number of carbonyl (C=O) groups excluding carboxylic acids is 2. The molecule has 1 aliphatic carbocycles. The van der Waals surface area contributed by atoms with Crippen molar-refractivity contribution in [1.82, 2.24) is 10.6 Å². The maximum absolute atomic E-state index is 13.3. The summed E-state index contributed by atoms with van der Waals surface area (Å²) in [6.45, 7) is 5.48. The van der Waals surface area contributed by atoms with Gasteiger partial charge >= 0.3 is 6.09 Å². The average molecular weight is 587 g/mol. The van der Waals surface area contributed by atoms with Crippen LogP contribution in [0.15, 0.2) is 66.7 Å². The smallest absolute Gasteiger partial charge is 0.407 e. The summed E-state index contributed by atoms with van der Waals surface area (Å²) in [5, 5.41) is 26.2. The lowest BCUT2D eigenvalue weighted by molar-refractivity contribution is -0.384. The van der Waals surface area contributed by atoms with Crippen LogP contribution in [0.1, 0.15) is 67.9 Å². The highest BCUT2D eigenvalue weighted by molar-refractivity contribution is 5.95. The van der Waals surface area contributed by atoms with E-state index in [4.69, 9.17) is 19.5 Å². The first kappa shape index (κ1) is 30.8. The highest BCUT2D eigenvalue weighted by Gasteiger charge is 2.26. The molecule has 0 radical (unpaired) electrons. The van der Waals surface area contributed by atoms with Crippen molar-refractivity contribution in [3.8, 4) is 23.3 Å². The van der Waals surface area contributed by atoms with Crippen LogP contribution in [0.5, 0.6) is 17.2 Å². The number of nitrogens with zero attached hydrogens (tertiary/aromatic N) is 2. The van der Waals surface area contributed by atoms with E-state index < -0.39 is 16.6 Å². The van der Waals surface area contributed by atoms with Crippen LogP contribution in [0.4, 0.5) is 10.5 Å². The molecule has 0 bridgehead atoms. The van der Waals surface area contributed by atoms with E-state index in [0.717, 1.165) is 0 Å². The Morgan fingerprint density at radius 2 is 1.58 bits per heavy atom. The van der Waals surface area contributed by atoms with E-state index in [1.54, 1.807) is 54.6 Å². The molecule has 2 amide bonds. The minimum Gasteiger partial charge on any atom is -0.489 e. The Bertz CT molecular complexity index is 1500. The molecule has 4 rings (SSSR count). The van der Waals surface area contributed by atoms with Crippen molar-refractivity contribution >= 4 is 17.7 Å². The number of nitriles is 1. The zero-order valence-electron chi connectivity index (χ0n) is 24.3. The van der Waals surface area contributed by atoms with Gasteiger partial charge in [0.15, 0.2) is 0 Å². The average Bonchev–Trinajstić information content (AvgIpc) is 2.96. The predicted octanol–water partition coefficient (Wildman–Crippen LogP) is 6.40. The second-order valence-corrected chi connectivity index (χ2v) is 11.3. The molecule has 0 saturated heterocycles. The molecule has 1 saturated carbocycles. The molecule has 0 spiro atoms. The van der Waals surface area contributed by atoms with E-state index in [-0.39, 0.29) is 30.3 Å². The largest absolute Gasteiger partial charge is 0.489 e. The highest BCUT2D eigenvalue weighted by Crippen LogP contribution is 2.29. The van der Waals surface area contributed by atoms with Crippen LogP contribution in [-0.2, 0) is 11.3 Å². The molecule has 0 heterocycles. The lowest BCUT2D eigenvalue weighted by Crippen LogP contribution is -2.45. The number of hydrogen-bond acceptors (Lipinski definition) is 8. The third-order valence-electron chi connectivity index (χ3n) is 6.67. The van der Waals surface area contributed by atoms with Gasteiger partial charge in [-0.05, 0) is 88.4 Å². The van der Waals surface area contributed by atoms with Crippen LogP contribution in [0.25, 0.3) is 0 Å². The summed E-state index contributed by atoms with van der Waals surface area (Å²) in [7, 11) is 0. The van der Waals surface area contributed by atoms with E-state index in [0.29, 0.717) is 59.6 Å². The number of non-ortho nitro benzene ring substituents is 1. The molecular formula is C32H34N4O7. The first-order valence-corrected chi connectivity index (χ1v) is 14.0. The van der Waals surface area contributed by atoms with Gasteiger partial charge in [0, 0.05) is 35.8 Å². The first-order valence-electron chi connectivity index (χ1n) is 14.0. The van der Waals surface area contributed by atoms with Crippen LogP contribution in [0.3, 0.4) is 0 Å². The van der Waals surface area contributed by atoms with Gasteiger partial charge in [0.05, 0.1) is 16.6 Å². The van der Waals surface area contributed by atoms with E-state index in [1.807, 2.05) is 20.8 Å². The van der Waals surface area contributed by atoms with Gasteiger partial charge in [-0.15, -0.1) is 0 Å². The number of nitrogens with one attached hydrogen (secondary N) is 2. The summed E-state index contributed by atoms with van der Waals surface area (Å²) in [4.78, 5) is 36.1. The van der Waals surface area contributed by atoms with Gasteiger partial charge in [-0.3, -0.25) is 14.9 Å². The second-order valence-electron chi connectivity index (χ2n) is 11.3. The maximum atomic E-state index is 13.3. The fourth-order valence-electron chi connectivity index (χ4n) is 4.63. The van der Waals surface area contributed by atoms with Crippen LogP contribution in [0.2, 0.25) is 0 Å². The fraction of sp³-hybridized carbons (Fsp3) is 0.344. The molecule has 3 aromatic carbocycles. The van der Waals surface area contributed by atoms with Gasteiger partial charge in [-0.25, -0.2) is 4.79 Å².